The lowest BCUT2D eigenvalue weighted by molar-refractivity contribution is 0.352. The van der Waals surface area contributed by atoms with E-state index in [1.54, 1.807) is 6.92 Å². The van der Waals surface area contributed by atoms with Crippen LogP contribution in [0.2, 0.25) is 0 Å². The van der Waals surface area contributed by atoms with E-state index in [2.05, 4.69) is 4.42 Å². The Morgan fingerprint density at radius 2 is 2.22 bits per heavy atom. The molecule has 0 saturated carbocycles. The molecule has 0 aliphatic heterocycles. The zero-order valence-electron chi connectivity index (χ0n) is 4.95. The molecule has 0 fully saturated rings. The van der Waals surface area contributed by atoms with E-state index in [1.165, 1.54) is 0 Å². The number of hydrogen-bond donors (Lipinski definition) is 0. The molecule has 1 rings (SSSR count). The first-order valence-electron chi connectivity index (χ1n) is 2.67. The van der Waals surface area contributed by atoms with Crippen LogP contribution in [0.3, 0.4) is 0 Å². The Morgan fingerprint density at radius 3 is 2.44 bits per heavy atom. The summed E-state index contributed by atoms with van der Waals surface area (Å²) in [6, 6.07) is -0.810. The Hall–Kier alpha value is -0.860. The molecule has 0 aliphatic rings. The van der Waals surface area contributed by atoms with Crippen LogP contribution in [0.25, 0.3) is 0 Å². The Kier molecular flexibility index (Phi) is 1.51. The molecule has 0 aromatic carbocycles. The second-order valence-electron chi connectivity index (χ2n) is 1.69. The quantitative estimate of drug-likeness (QED) is 0.570. The molecule has 1 aromatic heterocycles. The summed E-state index contributed by atoms with van der Waals surface area (Å²) in [5.74, 6) is -0.602. The largest absolute Gasteiger partial charge is 0.436 e. The topological polar surface area (TPSA) is 13.1 Å². The van der Waals surface area contributed by atoms with Gasteiger partial charge in [0.25, 0.3) is 6.01 Å². The van der Waals surface area contributed by atoms with Crippen LogP contribution in [-0.2, 0) is 6.42 Å². The molecule has 0 atom stereocenters. The molecule has 1 nitrogen and oxygen atoms in total. The minimum atomic E-state index is -0.810. The van der Waals surface area contributed by atoms with Crippen LogP contribution in [-0.4, -0.2) is 0 Å². The lowest BCUT2D eigenvalue weighted by atomic mass is 10.2. The van der Waals surface area contributed by atoms with Gasteiger partial charge in [0.05, 0.1) is 5.56 Å². The fourth-order valence-electron chi connectivity index (χ4n) is 0.647. The van der Waals surface area contributed by atoms with Gasteiger partial charge in [-0.3, -0.25) is 0 Å². The molecule has 0 saturated heterocycles. The Balaban J connectivity index is 3.07. The number of halogens is 2. The van der Waals surface area contributed by atoms with Gasteiger partial charge in [0.15, 0.2) is 5.82 Å². The van der Waals surface area contributed by atoms with Crippen molar-refractivity contribution in [1.82, 2.24) is 0 Å². The van der Waals surface area contributed by atoms with Gasteiger partial charge in [0, 0.05) is 0 Å². The normalized spacial score (nSPS) is 10.1. The van der Waals surface area contributed by atoms with Crippen LogP contribution in [0.15, 0.2) is 10.7 Å². The minimum absolute atomic E-state index is 0.0231. The fraction of sp³-hybridized carbons (Fsp3) is 0.333. The molecule has 3 heteroatoms. The van der Waals surface area contributed by atoms with E-state index in [4.69, 9.17) is 0 Å². The minimum Gasteiger partial charge on any atom is -0.436 e. The summed E-state index contributed by atoms with van der Waals surface area (Å²) in [6.45, 7) is 1.66. The highest BCUT2D eigenvalue weighted by molar-refractivity contribution is 5.09. The molecule has 1 aromatic rings. The third-order valence-corrected chi connectivity index (χ3v) is 1.14. The third kappa shape index (κ3) is 0.943. The van der Waals surface area contributed by atoms with Gasteiger partial charge in [0.2, 0.25) is 0 Å². The number of rotatable bonds is 1. The van der Waals surface area contributed by atoms with Crippen LogP contribution in [0.4, 0.5) is 8.78 Å². The Bertz CT molecular complexity index is 185. The molecule has 0 aliphatic carbocycles. The van der Waals surface area contributed by atoms with E-state index in [1.807, 2.05) is 0 Å². The molecule has 0 unspecified atom stereocenters. The lowest BCUT2D eigenvalue weighted by Gasteiger charge is -1.84. The second-order valence-corrected chi connectivity index (χ2v) is 1.69. The lowest BCUT2D eigenvalue weighted by Crippen LogP contribution is -1.82. The molecule has 0 bridgehead atoms. The molecule has 9 heavy (non-hydrogen) atoms. The first kappa shape index (κ1) is 6.26. The van der Waals surface area contributed by atoms with Crippen LogP contribution >= 0.6 is 0 Å². The summed E-state index contributed by atoms with van der Waals surface area (Å²) in [4.78, 5) is 0. The van der Waals surface area contributed by atoms with Gasteiger partial charge in [-0.05, 0) is 6.42 Å². The molecule has 0 N–H and O–H groups in total. The maximum Gasteiger partial charge on any atom is 0.283 e. The molecule has 0 amide bonds. The molecule has 1 heterocycles. The smallest absolute Gasteiger partial charge is 0.283 e. The predicted molar refractivity (Wildman–Crippen MR) is 28.0 cm³/mol. The van der Waals surface area contributed by atoms with Crippen LogP contribution in [0.1, 0.15) is 12.5 Å². The average molecular weight is 132 g/mol. The molecule has 50 valence electrons. The summed E-state index contributed by atoms with van der Waals surface area (Å²) in [6.07, 6.45) is 1.10. The first-order valence-corrected chi connectivity index (χ1v) is 2.67. The predicted octanol–water partition coefficient (Wildman–Crippen LogP) is 2.12. The van der Waals surface area contributed by atoms with Gasteiger partial charge in [0.1, 0.15) is 6.26 Å². The van der Waals surface area contributed by atoms with Crippen molar-refractivity contribution >= 4 is 0 Å². The van der Waals surface area contributed by atoms with Crippen LogP contribution < -0.4 is 0 Å². The highest BCUT2D eigenvalue weighted by Crippen LogP contribution is 2.13. The SMILES string of the molecule is CCc1c(F)coc1F. The zero-order chi connectivity index (χ0) is 6.85. The van der Waals surface area contributed by atoms with E-state index >= 15 is 0 Å². The van der Waals surface area contributed by atoms with E-state index in [0.29, 0.717) is 6.42 Å². The zero-order valence-corrected chi connectivity index (χ0v) is 4.95. The highest BCUT2D eigenvalue weighted by atomic mass is 19.1. The fourth-order valence-corrected chi connectivity index (χ4v) is 0.647. The maximum absolute atomic E-state index is 12.3. The van der Waals surface area contributed by atoms with Crippen molar-refractivity contribution in [2.45, 2.75) is 13.3 Å². The maximum atomic E-state index is 12.3. The summed E-state index contributed by atoms with van der Waals surface area (Å²) in [5, 5.41) is 0. The Morgan fingerprint density at radius 1 is 1.56 bits per heavy atom. The van der Waals surface area contributed by atoms with Crippen molar-refractivity contribution in [2.24, 2.45) is 0 Å². The van der Waals surface area contributed by atoms with Crippen LogP contribution in [0, 0.1) is 11.8 Å². The van der Waals surface area contributed by atoms with Crippen molar-refractivity contribution in [3.8, 4) is 0 Å². The van der Waals surface area contributed by atoms with Crippen molar-refractivity contribution < 1.29 is 13.2 Å². The van der Waals surface area contributed by atoms with Gasteiger partial charge in [-0.25, -0.2) is 4.39 Å². The standard InChI is InChI=1S/C6H6F2O/c1-2-4-5(7)3-9-6(4)8/h3H,2H2,1H3. The average Bonchev–Trinajstić information content (AvgIpc) is 2.12. The van der Waals surface area contributed by atoms with E-state index in [-0.39, 0.29) is 5.56 Å². The summed E-state index contributed by atoms with van der Waals surface area (Å²) in [5.41, 5.74) is 0.0231. The van der Waals surface area contributed by atoms with Gasteiger partial charge >= 0.3 is 0 Å². The summed E-state index contributed by atoms with van der Waals surface area (Å²) >= 11 is 0. The first-order chi connectivity index (χ1) is 4.25. The molecular weight excluding hydrogens is 126 g/mol. The van der Waals surface area contributed by atoms with Crippen molar-refractivity contribution in [2.75, 3.05) is 0 Å². The van der Waals surface area contributed by atoms with Gasteiger partial charge < -0.3 is 4.42 Å². The van der Waals surface area contributed by atoms with Gasteiger partial charge in [-0.2, -0.15) is 4.39 Å². The number of furan rings is 1. The third-order valence-electron chi connectivity index (χ3n) is 1.14. The van der Waals surface area contributed by atoms with Gasteiger partial charge in [-0.15, -0.1) is 0 Å². The second kappa shape index (κ2) is 2.17. The van der Waals surface area contributed by atoms with Gasteiger partial charge in [-0.1, -0.05) is 6.92 Å². The van der Waals surface area contributed by atoms with E-state index in [0.717, 1.165) is 6.26 Å². The highest BCUT2D eigenvalue weighted by Gasteiger charge is 2.09. The van der Waals surface area contributed by atoms with E-state index in [9.17, 15) is 8.78 Å². The molecule has 0 radical (unpaired) electrons. The summed E-state index contributed by atoms with van der Waals surface area (Å²) < 4.78 is 28.6. The van der Waals surface area contributed by atoms with E-state index < -0.39 is 11.8 Å². The monoisotopic (exact) mass is 132 g/mol. The van der Waals surface area contributed by atoms with Crippen molar-refractivity contribution in [3.63, 3.8) is 0 Å². The van der Waals surface area contributed by atoms with Crippen molar-refractivity contribution in [1.29, 1.82) is 0 Å². The Labute approximate surface area is 51.3 Å². The molecular formula is C6H6F2O. The summed E-state index contributed by atoms with van der Waals surface area (Å²) in [7, 11) is 0. The number of hydrogen-bond acceptors (Lipinski definition) is 1. The van der Waals surface area contributed by atoms with Crippen molar-refractivity contribution in [3.05, 3.63) is 23.7 Å². The van der Waals surface area contributed by atoms with Crippen LogP contribution in [0.5, 0.6) is 0 Å². The molecule has 0 spiro atoms.